The van der Waals surface area contributed by atoms with Gasteiger partial charge in [-0.05, 0) is 31.9 Å². The van der Waals surface area contributed by atoms with Crippen molar-refractivity contribution in [3.63, 3.8) is 0 Å². The number of aldehydes is 1. The van der Waals surface area contributed by atoms with Crippen molar-refractivity contribution >= 4 is 6.29 Å². The first-order chi connectivity index (χ1) is 8.74. The molecule has 0 aliphatic rings. The molecule has 0 fully saturated rings. The second-order valence-corrected chi connectivity index (χ2v) is 3.95. The van der Waals surface area contributed by atoms with Crippen molar-refractivity contribution < 1.29 is 14.3 Å². The van der Waals surface area contributed by atoms with E-state index >= 15 is 0 Å². The normalized spacial score (nSPS) is 10.6. The van der Waals surface area contributed by atoms with Crippen LogP contribution >= 0.6 is 0 Å². The van der Waals surface area contributed by atoms with E-state index in [9.17, 15) is 4.79 Å². The summed E-state index contributed by atoms with van der Waals surface area (Å²) in [4.78, 5) is 10.8. The van der Waals surface area contributed by atoms with E-state index in [-0.39, 0.29) is 0 Å². The number of rotatable bonds is 7. The second kappa shape index (κ2) is 7.54. The molecule has 0 atom stereocenters. The van der Waals surface area contributed by atoms with Gasteiger partial charge >= 0.3 is 0 Å². The Hall–Kier alpha value is -1.77. The molecule has 98 valence electrons. The Morgan fingerprint density at radius 1 is 1.28 bits per heavy atom. The van der Waals surface area contributed by atoms with E-state index in [1.165, 1.54) is 0 Å². The van der Waals surface area contributed by atoms with Crippen molar-refractivity contribution in [2.45, 2.75) is 26.7 Å². The molecule has 0 saturated heterocycles. The zero-order valence-electron chi connectivity index (χ0n) is 11.2. The van der Waals surface area contributed by atoms with Gasteiger partial charge in [-0.1, -0.05) is 19.1 Å². The Kier molecular flexibility index (Phi) is 5.98. The molecule has 0 saturated carbocycles. The first-order valence-corrected chi connectivity index (χ1v) is 6.15. The summed E-state index contributed by atoms with van der Waals surface area (Å²) in [5.74, 6) is 1.32. The molecule has 18 heavy (non-hydrogen) atoms. The van der Waals surface area contributed by atoms with Crippen molar-refractivity contribution in [3.05, 3.63) is 35.4 Å². The number of ether oxygens (including phenoxy) is 2. The lowest BCUT2D eigenvalue weighted by molar-refractivity contribution is 0.112. The molecule has 3 heteroatoms. The van der Waals surface area contributed by atoms with Crippen LogP contribution in [0, 0.1) is 6.92 Å². The van der Waals surface area contributed by atoms with E-state index in [0.717, 1.165) is 24.7 Å². The molecule has 1 aromatic carbocycles. The van der Waals surface area contributed by atoms with Crippen molar-refractivity contribution in [2.75, 3.05) is 13.7 Å². The lowest BCUT2D eigenvalue weighted by Crippen LogP contribution is -2.01. The summed E-state index contributed by atoms with van der Waals surface area (Å²) in [6.45, 7) is 4.56. The minimum atomic E-state index is 0.604. The molecular weight excluding hydrogens is 228 g/mol. The van der Waals surface area contributed by atoms with Gasteiger partial charge in [0, 0.05) is 11.1 Å². The minimum absolute atomic E-state index is 0.604. The van der Waals surface area contributed by atoms with E-state index in [0.29, 0.717) is 23.7 Å². The van der Waals surface area contributed by atoms with Crippen LogP contribution in [0.4, 0.5) is 0 Å². The van der Waals surface area contributed by atoms with E-state index in [2.05, 4.69) is 19.1 Å². The molecule has 0 bridgehead atoms. The van der Waals surface area contributed by atoms with Crippen molar-refractivity contribution in [3.8, 4) is 11.5 Å². The number of allylic oxidation sites excluding steroid dienone is 1. The number of hydrogen-bond acceptors (Lipinski definition) is 3. The summed E-state index contributed by atoms with van der Waals surface area (Å²) in [6, 6.07) is 3.53. The maximum absolute atomic E-state index is 10.8. The monoisotopic (exact) mass is 248 g/mol. The van der Waals surface area contributed by atoms with Gasteiger partial charge in [0.25, 0.3) is 0 Å². The molecule has 0 aromatic heterocycles. The minimum Gasteiger partial charge on any atom is -0.493 e. The quantitative estimate of drug-likeness (QED) is 0.420. The zero-order valence-corrected chi connectivity index (χ0v) is 11.2. The topological polar surface area (TPSA) is 35.5 Å². The maximum Gasteiger partial charge on any atom is 0.164 e. The fourth-order valence-corrected chi connectivity index (χ4v) is 1.70. The molecule has 3 nitrogen and oxygen atoms in total. The lowest BCUT2D eigenvalue weighted by atomic mass is 10.1. The fourth-order valence-electron chi connectivity index (χ4n) is 1.70. The van der Waals surface area contributed by atoms with Gasteiger partial charge in [-0.25, -0.2) is 0 Å². The predicted octanol–water partition coefficient (Wildman–Crippen LogP) is 3.55. The Labute approximate surface area is 108 Å². The Morgan fingerprint density at radius 3 is 2.67 bits per heavy atom. The molecule has 0 amide bonds. The Balaban J connectivity index is 2.73. The van der Waals surface area contributed by atoms with Crippen molar-refractivity contribution in [1.82, 2.24) is 0 Å². The van der Waals surface area contributed by atoms with Gasteiger partial charge < -0.3 is 9.47 Å². The van der Waals surface area contributed by atoms with Crippen molar-refractivity contribution in [2.24, 2.45) is 0 Å². The van der Waals surface area contributed by atoms with Gasteiger partial charge in [-0.2, -0.15) is 0 Å². The van der Waals surface area contributed by atoms with Crippen LogP contribution in [0.15, 0.2) is 24.3 Å². The molecule has 0 spiro atoms. The highest BCUT2D eigenvalue weighted by Crippen LogP contribution is 2.32. The van der Waals surface area contributed by atoms with Crippen LogP contribution in [0.25, 0.3) is 0 Å². The molecule has 0 unspecified atom stereocenters. The Bertz CT molecular complexity index is 422. The highest BCUT2D eigenvalue weighted by molar-refractivity contribution is 5.79. The smallest absolute Gasteiger partial charge is 0.164 e. The summed E-state index contributed by atoms with van der Waals surface area (Å²) in [5, 5.41) is 0. The summed E-state index contributed by atoms with van der Waals surface area (Å²) in [6.07, 6.45) is 6.94. The van der Waals surface area contributed by atoms with Crippen LogP contribution in [0.1, 0.15) is 35.7 Å². The van der Waals surface area contributed by atoms with Crippen LogP contribution in [0.2, 0.25) is 0 Å². The first kappa shape index (κ1) is 14.3. The van der Waals surface area contributed by atoms with Gasteiger partial charge in [-0.3, -0.25) is 4.79 Å². The van der Waals surface area contributed by atoms with Crippen molar-refractivity contribution in [1.29, 1.82) is 0 Å². The second-order valence-electron chi connectivity index (χ2n) is 3.95. The number of carbonyl (C=O) groups excluding carboxylic acids is 1. The number of methoxy groups -OCH3 is 1. The largest absolute Gasteiger partial charge is 0.493 e. The van der Waals surface area contributed by atoms with Crippen LogP contribution in [-0.4, -0.2) is 20.0 Å². The molecular formula is C15H20O3. The fraction of sp³-hybridized carbons (Fsp3) is 0.400. The third kappa shape index (κ3) is 3.62. The number of benzene rings is 1. The summed E-state index contributed by atoms with van der Waals surface area (Å²) in [5.41, 5.74) is 1.44. The van der Waals surface area contributed by atoms with E-state index in [1.54, 1.807) is 19.2 Å². The number of carbonyl (C=O) groups is 1. The summed E-state index contributed by atoms with van der Waals surface area (Å²) >= 11 is 0. The van der Waals surface area contributed by atoms with Gasteiger partial charge in [-0.15, -0.1) is 0 Å². The van der Waals surface area contributed by atoms with Gasteiger partial charge in [0.2, 0.25) is 0 Å². The van der Waals surface area contributed by atoms with Gasteiger partial charge in [0.1, 0.15) is 6.29 Å². The highest BCUT2D eigenvalue weighted by atomic mass is 16.5. The van der Waals surface area contributed by atoms with Crippen LogP contribution < -0.4 is 9.47 Å². The van der Waals surface area contributed by atoms with E-state index in [4.69, 9.17) is 9.47 Å². The van der Waals surface area contributed by atoms with Gasteiger partial charge in [0.15, 0.2) is 11.5 Å². The van der Waals surface area contributed by atoms with Crippen LogP contribution in [-0.2, 0) is 0 Å². The molecule has 1 aromatic rings. The van der Waals surface area contributed by atoms with E-state index < -0.39 is 0 Å². The molecule has 0 aliphatic carbocycles. The molecule has 0 radical (unpaired) electrons. The molecule has 0 heterocycles. The van der Waals surface area contributed by atoms with Crippen LogP contribution in [0.5, 0.6) is 11.5 Å². The van der Waals surface area contributed by atoms with Crippen LogP contribution in [0.3, 0.4) is 0 Å². The maximum atomic E-state index is 10.8. The third-order valence-electron chi connectivity index (χ3n) is 2.69. The summed E-state index contributed by atoms with van der Waals surface area (Å²) < 4.78 is 11.0. The SMILES string of the molecule is CC/C=C/CCOc1ccc(C=O)c(C)c1OC. The highest BCUT2D eigenvalue weighted by Gasteiger charge is 2.10. The number of hydrogen-bond donors (Lipinski definition) is 0. The summed E-state index contributed by atoms with van der Waals surface area (Å²) in [7, 11) is 1.58. The predicted molar refractivity (Wildman–Crippen MR) is 72.7 cm³/mol. The van der Waals surface area contributed by atoms with E-state index in [1.807, 2.05) is 6.92 Å². The average Bonchev–Trinajstić information content (AvgIpc) is 2.39. The molecule has 0 N–H and O–H groups in total. The first-order valence-electron chi connectivity index (χ1n) is 6.15. The standard InChI is InChI=1S/C15H20O3/c1-4-5-6-7-10-18-14-9-8-13(11-16)12(2)15(14)17-3/h5-6,8-9,11H,4,7,10H2,1-3H3/b6-5+. The molecule has 0 aliphatic heterocycles. The third-order valence-corrected chi connectivity index (χ3v) is 2.69. The average molecular weight is 248 g/mol. The lowest BCUT2D eigenvalue weighted by Gasteiger charge is -2.13. The Morgan fingerprint density at radius 2 is 2.06 bits per heavy atom. The molecule has 1 rings (SSSR count). The zero-order chi connectivity index (χ0) is 13.4. The van der Waals surface area contributed by atoms with Gasteiger partial charge in [0.05, 0.1) is 13.7 Å².